The van der Waals surface area contributed by atoms with Crippen LogP contribution >= 0.6 is 0 Å². The second kappa shape index (κ2) is 4.88. The van der Waals surface area contributed by atoms with Crippen LogP contribution in [-0.4, -0.2) is 20.6 Å². The molecule has 0 saturated carbocycles. The van der Waals surface area contributed by atoms with E-state index in [1.165, 1.54) is 0 Å². The number of aromatic nitrogens is 2. The Bertz CT molecular complexity index is 726. The number of nitrogens with two attached hydrogens (primary N) is 1. The Labute approximate surface area is 116 Å². The topological polar surface area (TPSA) is 90.2 Å². The maximum absolute atomic E-state index is 12.5. The number of benzene rings is 1. The van der Waals surface area contributed by atoms with Gasteiger partial charge in [-0.25, -0.2) is 9.48 Å². The number of nitrogens with zero attached hydrogens (tertiary/aromatic N) is 2. The Morgan fingerprint density at radius 3 is 2.35 bits per heavy atom. The lowest BCUT2D eigenvalue weighted by Gasteiger charge is -2.11. The van der Waals surface area contributed by atoms with E-state index in [0.29, 0.717) is 5.56 Å². The molecule has 0 aliphatic carbocycles. The van der Waals surface area contributed by atoms with Gasteiger partial charge in [0.25, 0.3) is 5.56 Å². The molecule has 0 spiro atoms. The molecular weight excluding hydrogens is 258 g/mol. The van der Waals surface area contributed by atoms with Crippen LogP contribution < -0.4 is 11.3 Å². The van der Waals surface area contributed by atoms with E-state index >= 15 is 0 Å². The highest BCUT2D eigenvalue weighted by Crippen LogP contribution is 2.27. The van der Waals surface area contributed by atoms with E-state index in [2.05, 4.69) is 0 Å². The summed E-state index contributed by atoms with van der Waals surface area (Å²) in [6.07, 6.45) is -1.27. The summed E-state index contributed by atoms with van der Waals surface area (Å²) in [6.45, 7) is 5.33. The molecule has 6 nitrogen and oxygen atoms in total. The average Bonchev–Trinajstić information content (AvgIpc) is 2.62. The van der Waals surface area contributed by atoms with Crippen molar-refractivity contribution in [3.63, 3.8) is 0 Å². The summed E-state index contributed by atoms with van der Waals surface area (Å²) in [7, 11) is 0. The van der Waals surface area contributed by atoms with Crippen LogP contribution in [0.3, 0.4) is 0 Å². The molecule has 3 N–H and O–H groups in total. The van der Waals surface area contributed by atoms with Crippen molar-refractivity contribution in [3.05, 3.63) is 40.2 Å². The number of hydrogen-bond acceptors (Lipinski definition) is 3. The lowest BCUT2D eigenvalue weighted by molar-refractivity contribution is 0.186. The Morgan fingerprint density at radius 1 is 1.30 bits per heavy atom. The van der Waals surface area contributed by atoms with E-state index in [-0.39, 0.29) is 17.4 Å². The molecule has 6 heteroatoms. The third-order valence-electron chi connectivity index (χ3n) is 3.21. The highest BCUT2D eigenvalue weighted by atomic mass is 16.4. The summed E-state index contributed by atoms with van der Waals surface area (Å²) in [5, 5.41) is 9.27. The quantitative estimate of drug-likeness (QED) is 0.880. The molecule has 1 heterocycles. The van der Waals surface area contributed by atoms with Gasteiger partial charge in [-0.1, -0.05) is 24.3 Å². The Hall–Kier alpha value is -2.50. The van der Waals surface area contributed by atoms with Crippen LogP contribution in [0.25, 0.3) is 11.1 Å². The van der Waals surface area contributed by atoms with Crippen molar-refractivity contribution in [3.8, 4) is 11.1 Å². The first kappa shape index (κ1) is 13.9. The summed E-state index contributed by atoms with van der Waals surface area (Å²) < 4.78 is 1.97. The fourth-order valence-electron chi connectivity index (χ4n) is 2.30. The molecule has 20 heavy (non-hydrogen) atoms. The Balaban J connectivity index is 2.87. The fraction of sp³-hybridized carbons (Fsp3) is 0.286. The van der Waals surface area contributed by atoms with Gasteiger partial charge < -0.3 is 10.8 Å². The minimum absolute atomic E-state index is 0.0505. The maximum Gasteiger partial charge on any atom is 0.432 e. The van der Waals surface area contributed by atoms with Gasteiger partial charge in [0.2, 0.25) is 0 Å². The zero-order valence-electron chi connectivity index (χ0n) is 11.6. The summed E-state index contributed by atoms with van der Waals surface area (Å²) in [4.78, 5) is 23.9. The number of carbonyl (C=O) groups is 1. The molecule has 2 aromatic rings. The number of anilines is 1. The smallest absolute Gasteiger partial charge is 0.432 e. The minimum atomic E-state index is -1.27. The van der Waals surface area contributed by atoms with Crippen LogP contribution in [0.1, 0.15) is 25.5 Å². The van der Waals surface area contributed by atoms with Gasteiger partial charge in [-0.05, 0) is 31.9 Å². The van der Waals surface area contributed by atoms with Crippen molar-refractivity contribution in [2.24, 2.45) is 0 Å². The molecule has 0 atom stereocenters. The van der Waals surface area contributed by atoms with E-state index in [1.54, 1.807) is 26.0 Å². The Kier molecular flexibility index (Phi) is 3.40. The zero-order chi connectivity index (χ0) is 15.0. The maximum atomic E-state index is 12.5. The molecule has 0 fully saturated rings. The fourth-order valence-corrected chi connectivity index (χ4v) is 2.30. The third kappa shape index (κ3) is 1.99. The first-order valence-corrected chi connectivity index (χ1v) is 6.28. The van der Waals surface area contributed by atoms with Crippen LogP contribution in [0, 0.1) is 6.92 Å². The largest absolute Gasteiger partial charge is 0.463 e. The van der Waals surface area contributed by atoms with Gasteiger partial charge in [0.05, 0.1) is 5.56 Å². The van der Waals surface area contributed by atoms with E-state index in [9.17, 15) is 14.7 Å². The SMILES string of the molecule is Cc1ccccc1-c1c(N)n(C(=O)O)n(C(C)C)c1=O. The molecule has 2 rings (SSSR count). The normalized spacial score (nSPS) is 11.0. The van der Waals surface area contributed by atoms with Gasteiger partial charge in [0.1, 0.15) is 5.82 Å². The van der Waals surface area contributed by atoms with Crippen molar-refractivity contribution >= 4 is 11.9 Å². The summed E-state index contributed by atoms with van der Waals surface area (Å²) in [5.74, 6) is -0.0505. The van der Waals surface area contributed by atoms with Gasteiger partial charge in [0, 0.05) is 6.04 Å². The molecular formula is C14H17N3O3. The molecule has 0 aliphatic rings. The second-order valence-electron chi connectivity index (χ2n) is 4.91. The number of carboxylic acid groups (broad SMARTS) is 1. The molecule has 106 valence electrons. The van der Waals surface area contributed by atoms with E-state index in [0.717, 1.165) is 14.9 Å². The number of aryl methyl sites for hydroxylation is 1. The van der Waals surface area contributed by atoms with Crippen molar-refractivity contribution < 1.29 is 9.90 Å². The van der Waals surface area contributed by atoms with Gasteiger partial charge in [0.15, 0.2) is 0 Å². The van der Waals surface area contributed by atoms with Crippen molar-refractivity contribution in [2.75, 3.05) is 5.73 Å². The van der Waals surface area contributed by atoms with Crippen LogP contribution in [0.4, 0.5) is 10.6 Å². The van der Waals surface area contributed by atoms with Gasteiger partial charge in [-0.3, -0.25) is 4.79 Å². The van der Waals surface area contributed by atoms with Crippen molar-refractivity contribution in [1.29, 1.82) is 0 Å². The van der Waals surface area contributed by atoms with Crippen LogP contribution in [0.5, 0.6) is 0 Å². The number of rotatable bonds is 2. The molecule has 0 aliphatic heterocycles. The van der Waals surface area contributed by atoms with Crippen LogP contribution in [-0.2, 0) is 0 Å². The molecule has 1 aromatic heterocycles. The monoisotopic (exact) mass is 275 g/mol. The van der Waals surface area contributed by atoms with Crippen molar-refractivity contribution in [1.82, 2.24) is 9.36 Å². The van der Waals surface area contributed by atoms with E-state index < -0.39 is 11.7 Å². The second-order valence-corrected chi connectivity index (χ2v) is 4.91. The van der Waals surface area contributed by atoms with E-state index in [4.69, 9.17) is 5.73 Å². The molecule has 0 amide bonds. The standard InChI is InChI=1S/C14H17N3O3/c1-8(2)16-13(18)11(12(15)17(16)14(19)20)10-7-5-4-6-9(10)3/h4-8H,15H2,1-3H3,(H,19,20). The highest BCUT2D eigenvalue weighted by Gasteiger charge is 2.24. The molecule has 0 radical (unpaired) electrons. The molecule has 0 saturated heterocycles. The van der Waals surface area contributed by atoms with Crippen LogP contribution in [0.2, 0.25) is 0 Å². The first-order chi connectivity index (χ1) is 9.36. The molecule has 0 unspecified atom stereocenters. The molecule has 0 bridgehead atoms. The van der Waals surface area contributed by atoms with Gasteiger partial charge in [-0.2, -0.15) is 4.68 Å². The predicted octanol–water partition coefficient (Wildman–Crippen LogP) is 2.31. The first-order valence-electron chi connectivity index (χ1n) is 6.28. The molecule has 1 aromatic carbocycles. The van der Waals surface area contributed by atoms with Crippen LogP contribution in [0.15, 0.2) is 29.1 Å². The summed E-state index contributed by atoms with van der Waals surface area (Å²) >= 11 is 0. The number of nitrogen functional groups attached to an aromatic ring is 1. The van der Waals surface area contributed by atoms with Crippen molar-refractivity contribution in [2.45, 2.75) is 26.8 Å². The zero-order valence-corrected chi connectivity index (χ0v) is 11.6. The predicted molar refractivity (Wildman–Crippen MR) is 77.1 cm³/mol. The Morgan fingerprint density at radius 2 is 1.90 bits per heavy atom. The van der Waals surface area contributed by atoms with E-state index in [1.807, 2.05) is 19.1 Å². The minimum Gasteiger partial charge on any atom is -0.463 e. The number of hydrogen-bond donors (Lipinski definition) is 2. The average molecular weight is 275 g/mol. The highest BCUT2D eigenvalue weighted by molar-refractivity contribution is 5.82. The summed E-state index contributed by atoms with van der Waals surface area (Å²) in [5.41, 5.74) is 7.27. The van der Waals surface area contributed by atoms with Gasteiger partial charge >= 0.3 is 6.09 Å². The van der Waals surface area contributed by atoms with Gasteiger partial charge in [-0.15, -0.1) is 0 Å². The summed E-state index contributed by atoms with van der Waals surface area (Å²) in [6, 6.07) is 6.95. The lowest BCUT2D eigenvalue weighted by atomic mass is 10.0. The third-order valence-corrected chi connectivity index (χ3v) is 3.21. The lowest BCUT2D eigenvalue weighted by Crippen LogP contribution is -2.29.